The number of hydrogen-bond donors (Lipinski definition) is 2. The van der Waals surface area contributed by atoms with Crippen LogP contribution in [0.4, 0.5) is 11.6 Å². The Bertz CT molecular complexity index is 330. The molecule has 0 spiro atoms. The fourth-order valence-electron chi connectivity index (χ4n) is 1.30. The number of hydrogen-bond acceptors (Lipinski definition) is 5. The fourth-order valence-corrected chi connectivity index (χ4v) is 1.30. The first kappa shape index (κ1) is 12.7. The van der Waals surface area contributed by atoms with Crippen LogP contribution in [0.25, 0.3) is 0 Å². The van der Waals surface area contributed by atoms with E-state index in [0.717, 1.165) is 37.0 Å². The Labute approximate surface area is 96.5 Å². The van der Waals surface area contributed by atoms with Crippen molar-refractivity contribution in [2.75, 3.05) is 37.0 Å². The van der Waals surface area contributed by atoms with Crippen LogP contribution >= 0.6 is 0 Å². The fraction of sp³-hybridized carbons (Fsp3) is 0.636. The molecule has 5 nitrogen and oxygen atoms in total. The molecule has 2 N–H and O–H groups in total. The number of aliphatic hydroxyl groups excluding tert-OH is 1. The summed E-state index contributed by atoms with van der Waals surface area (Å²) in [6.45, 7) is 5.79. The van der Waals surface area contributed by atoms with Gasteiger partial charge in [-0.25, -0.2) is 9.97 Å². The van der Waals surface area contributed by atoms with E-state index in [4.69, 9.17) is 5.11 Å². The largest absolute Gasteiger partial charge is 0.396 e. The lowest BCUT2D eigenvalue weighted by atomic mass is 10.4. The average molecular weight is 224 g/mol. The molecular formula is C11H20N4O. The highest BCUT2D eigenvalue weighted by atomic mass is 16.3. The van der Waals surface area contributed by atoms with Crippen LogP contribution in [-0.4, -0.2) is 41.8 Å². The third-order valence-electron chi connectivity index (χ3n) is 2.33. The predicted molar refractivity (Wildman–Crippen MR) is 65.9 cm³/mol. The number of aryl methyl sites for hydroxylation is 1. The molecule has 0 aromatic carbocycles. The van der Waals surface area contributed by atoms with Gasteiger partial charge in [-0.15, -0.1) is 0 Å². The van der Waals surface area contributed by atoms with E-state index >= 15 is 0 Å². The topological polar surface area (TPSA) is 61.3 Å². The minimum absolute atomic E-state index is 0.193. The highest BCUT2D eigenvalue weighted by Gasteiger charge is 2.04. The molecule has 0 fully saturated rings. The summed E-state index contributed by atoms with van der Waals surface area (Å²) >= 11 is 0. The SMILES string of the molecule is CCN(C)c1cc(NCCCO)nc(C)n1. The maximum Gasteiger partial charge on any atom is 0.134 e. The molecule has 0 amide bonds. The van der Waals surface area contributed by atoms with E-state index < -0.39 is 0 Å². The summed E-state index contributed by atoms with van der Waals surface area (Å²) in [5.41, 5.74) is 0. The van der Waals surface area contributed by atoms with Crippen molar-refractivity contribution in [3.8, 4) is 0 Å². The molecule has 5 heteroatoms. The molecule has 1 heterocycles. The minimum Gasteiger partial charge on any atom is -0.396 e. The van der Waals surface area contributed by atoms with Gasteiger partial charge in [0.25, 0.3) is 0 Å². The first-order valence-electron chi connectivity index (χ1n) is 5.59. The number of nitrogens with one attached hydrogen (secondary N) is 1. The Morgan fingerprint density at radius 1 is 1.44 bits per heavy atom. The van der Waals surface area contributed by atoms with Gasteiger partial charge in [-0.2, -0.15) is 0 Å². The van der Waals surface area contributed by atoms with Crippen molar-refractivity contribution in [2.45, 2.75) is 20.3 Å². The van der Waals surface area contributed by atoms with Gasteiger partial charge < -0.3 is 15.3 Å². The summed E-state index contributed by atoms with van der Waals surface area (Å²) in [6.07, 6.45) is 0.724. The van der Waals surface area contributed by atoms with Gasteiger partial charge in [-0.05, 0) is 20.3 Å². The number of aromatic nitrogens is 2. The molecule has 0 unspecified atom stereocenters. The summed E-state index contributed by atoms with van der Waals surface area (Å²) in [7, 11) is 2.00. The van der Waals surface area contributed by atoms with Crippen molar-refractivity contribution in [3.05, 3.63) is 11.9 Å². The first-order valence-corrected chi connectivity index (χ1v) is 5.59. The monoisotopic (exact) mass is 224 g/mol. The van der Waals surface area contributed by atoms with Crippen molar-refractivity contribution >= 4 is 11.6 Å². The molecule has 0 saturated heterocycles. The molecule has 0 aliphatic carbocycles. The molecule has 0 aliphatic rings. The van der Waals surface area contributed by atoms with Crippen LogP contribution in [0.1, 0.15) is 19.2 Å². The van der Waals surface area contributed by atoms with E-state index in [1.54, 1.807) is 0 Å². The molecule has 90 valence electrons. The van der Waals surface area contributed by atoms with E-state index in [-0.39, 0.29) is 6.61 Å². The Morgan fingerprint density at radius 2 is 2.19 bits per heavy atom. The summed E-state index contributed by atoms with van der Waals surface area (Å²) in [5.74, 6) is 2.49. The molecule has 1 aromatic rings. The Hall–Kier alpha value is -1.36. The summed E-state index contributed by atoms with van der Waals surface area (Å²) in [4.78, 5) is 10.7. The molecular weight excluding hydrogens is 204 g/mol. The average Bonchev–Trinajstić information content (AvgIpc) is 2.27. The Balaban J connectivity index is 2.73. The van der Waals surface area contributed by atoms with E-state index in [0.29, 0.717) is 0 Å². The second-order valence-corrected chi connectivity index (χ2v) is 3.68. The van der Waals surface area contributed by atoms with Gasteiger partial charge in [-0.3, -0.25) is 0 Å². The molecule has 1 aromatic heterocycles. The van der Waals surface area contributed by atoms with Gasteiger partial charge in [0, 0.05) is 32.8 Å². The maximum atomic E-state index is 8.70. The zero-order valence-electron chi connectivity index (χ0n) is 10.2. The van der Waals surface area contributed by atoms with Crippen LogP contribution in [0.15, 0.2) is 6.07 Å². The van der Waals surface area contributed by atoms with Crippen molar-refractivity contribution in [3.63, 3.8) is 0 Å². The van der Waals surface area contributed by atoms with Gasteiger partial charge in [-0.1, -0.05) is 0 Å². The zero-order valence-corrected chi connectivity index (χ0v) is 10.2. The predicted octanol–water partition coefficient (Wildman–Crippen LogP) is 1.04. The Kier molecular flexibility index (Phi) is 4.98. The van der Waals surface area contributed by atoms with Crippen molar-refractivity contribution in [1.29, 1.82) is 0 Å². The maximum absolute atomic E-state index is 8.70. The summed E-state index contributed by atoms with van der Waals surface area (Å²) in [5, 5.41) is 11.9. The summed E-state index contributed by atoms with van der Waals surface area (Å²) < 4.78 is 0. The normalized spacial score (nSPS) is 10.2. The van der Waals surface area contributed by atoms with Gasteiger partial charge in [0.2, 0.25) is 0 Å². The molecule has 16 heavy (non-hydrogen) atoms. The van der Waals surface area contributed by atoms with Crippen LogP contribution < -0.4 is 10.2 Å². The van der Waals surface area contributed by atoms with Crippen molar-refractivity contribution in [2.24, 2.45) is 0 Å². The smallest absolute Gasteiger partial charge is 0.134 e. The minimum atomic E-state index is 0.193. The van der Waals surface area contributed by atoms with Gasteiger partial charge in [0.15, 0.2) is 0 Å². The van der Waals surface area contributed by atoms with Crippen LogP contribution in [0.5, 0.6) is 0 Å². The standard InChI is InChI=1S/C11H20N4O/c1-4-15(3)11-8-10(12-6-5-7-16)13-9(2)14-11/h8,16H,4-7H2,1-3H3,(H,12,13,14). The third-order valence-corrected chi connectivity index (χ3v) is 2.33. The Morgan fingerprint density at radius 3 is 2.81 bits per heavy atom. The highest BCUT2D eigenvalue weighted by Crippen LogP contribution is 2.14. The van der Waals surface area contributed by atoms with E-state index in [1.165, 1.54) is 0 Å². The van der Waals surface area contributed by atoms with Gasteiger partial charge in [0.05, 0.1) is 0 Å². The quantitative estimate of drug-likeness (QED) is 0.707. The second-order valence-electron chi connectivity index (χ2n) is 3.68. The molecule has 0 bridgehead atoms. The second kappa shape index (κ2) is 6.27. The number of anilines is 2. The lowest BCUT2D eigenvalue weighted by Gasteiger charge is -2.17. The number of nitrogens with zero attached hydrogens (tertiary/aromatic N) is 3. The lowest BCUT2D eigenvalue weighted by Crippen LogP contribution is -2.18. The van der Waals surface area contributed by atoms with Gasteiger partial charge >= 0.3 is 0 Å². The van der Waals surface area contributed by atoms with Crippen LogP contribution in [0.3, 0.4) is 0 Å². The van der Waals surface area contributed by atoms with E-state index in [1.807, 2.05) is 20.0 Å². The van der Waals surface area contributed by atoms with Crippen LogP contribution in [-0.2, 0) is 0 Å². The lowest BCUT2D eigenvalue weighted by molar-refractivity contribution is 0.292. The number of aliphatic hydroxyl groups is 1. The molecule has 0 saturated carbocycles. The van der Waals surface area contributed by atoms with E-state index in [9.17, 15) is 0 Å². The van der Waals surface area contributed by atoms with Gasteiger partial charge in [0.1, 0.15) is 17.5 Å². The van der Waals surface area contributed by atoms with Crippen LogP contribution in [0.2, 0.25) is 0 Å². The number of rotatable bonds is 6. The van der Waals surface area contributed by atoms with Crippen LogP contribution in [0, 0.1) is 6.92 Å². The summed E-state index contributed by atoms with van der Waals surface area (Å²) in [6, 6.07) is 1.92. The molecule has 1 rings (SSSR count). The van der Waals surface area contributed by atoms with Crippen molar-refractivity contribution < 1.29 is 5.11 Å². The zero-order chi connectivity index (χ0) is 12.0. The van der Waals surface area contributed by atoms with E-state index in [2.05, 4.69) is 27.1 Å². The molecule has 0 atom stereocenters. The molecule has 0 aliphatic heterocycles. The van der Waals surface area contributed by atoms with Crippen molar-refractivity contribution in [1.82, 2.24) is 9.97 Å². The highest BCUT2D eigenvalue weighted by molar-refractivity contribution is 5.48. The first-order chi connectivity index (χ1) is 7.67. The molecule has 0 radical (unpaired) electrons. The third kappa shape index (κ3) is 3.66.